The molecule has 0 unspecified atom stereocenters. The van der Waals surface area contributed by atoms with Crippen LogP contribution in [0.1, 0.15) is 44.7 Å². The average Bonchev–Trinajstić information content (AvgIpc) is 2.76. The minimum Gasteiger partial charge on any atom is -0.497 e. The summed E-state index contributed by atoms with van der Waals surface area (Å²) in [5.74, 6) is 0.863. The summed E-state index contributed by atoms with van der Waals surface area (Å²) in [7, 11) is 1.61. The van der Waals surface area contributed by atoms with Crippen LogP contribution in [-0.2, 0) is 22.6 Å². The van der Waals surface area contributed by atoms with E-state index < -0.39 is 6.04 Å². The van der Waals surface area contributed by atoms with Gasteiger partial charge in [-0.3, -0.25) is 9.59 Å². The SMILES string of the molecule is CC[C@@H](C(=O)NCC(C)C)N(Cc1cccc(OC)c1)C(=O)CCc1ccccc1Cl. The first-order valence-corrected chi connectivity index (χ1v) is 11.2. The number of benzene rings is 2. The Morgan fingerprint density at radius 2 is 1.87 bits per heavy atom. The second-order valence-electron chi connectivity index (χ2n) is 8.03. The molecule has 0 heterocycles. The Balaban J connectivity index is 2.23. The molecule has 0 aliphatic carbocycles. The largest absolute Gasteiger partial charge is 0.497 e. The molecule has 2 aromatic rings. The van der Waals surface area contributed by atoms with E-state index in [0.717, 1.165) is 16.9 Å². The van der Waals surface area contributed by atoms with Gasteiger partial charge in [0.15, 0.2) is 0 Å². The standard InChI is InChI=1S/C25H33ClN2O3/c1-5-23(25(30)27-16-18(2)3)28(17-19-9-8-11-21(15-19)31-4)24(29)14-13-20-10-6-7-12-22(20)26/h6-12,15,18,23H,5,13-14,16-17H2,1-4H3,(H,27,30)/t23-/m0/s1. The van der Waals surface area contributed by atoms with Gasteiger partial charge in [0.25, 0.3) is 0 Å². The quantitative estimate of drug-likeness (QED) is 0.538. The minimum atomic E-state index is -0.538. The number of halogens is 1. The maximum absolute atomic E-state index is 13.3. The Morgan fingerprint density at radius 1 is 1.13 bits per heavy atom. The van der Waals surface area contributed by atoms with Gasteiger partial charge in [0.1, 0.15) is 11.8 Å². The van der Waals surface area contributed by atoms with Crippen molar-refractivity contribution in [1.29, 1.82) is 0 Å². The molecule has 0 saturated carbocycles. The number of methoxy groups -OCH3 is 1. The molecule has 168 valence electrons. The van der Waals surface area contributed by atoms with E-state index in [1.807, 2.05) is 69.3 Å². The second-order valence-corrected chi connectivity index (χ2v) is 8.43. The van der Waals surface area contributed by atoms with Crippen LogP contribution in [0.2, 0.25) is 5.02 Å². The topological polar surface area (TPSA) is 58.6 Å². The van der Waals surface area contributed by atoms with Crippen LogP contribution in [0.15, 0.2) is 48.5 Å². The molecule has 6 heteroatoms. The number of nitrogens with one attached hydrogen (secondary N) is 1. The number of aryl methyl sites for hydroxylation is 1. The molecule has 0 bridgehead atoms. The number of hydrogen-bond acceptors (Lipinski definition) is 3. The second kappa shape index (κ2) is 12.4. The van der Waals surface area contributed by atoms with E-state index >= 15 is 0 Å². The molecule has 31 heavy (non-hydrogen) atoms. The van der Waals surface area contributed by atoms with Crippen LogP contribution >= 0.6 is 11.6 Å². The van der Waals surface area contributed by atoms with E-state index in [1.165, 1.54) is 0 Å². The van der Waals surface area contributed by atoms with Crippen LogP contribution < -0.4 is 10.1 Å². The Bertz CT molecular complexity index is 869. The zero-order chi connectivity index (χ0) is 22.8. The molecular weight excluding hydrogens is 412 g/mol. The number of carbonyl (C=O) groups excluding carboxylic acids is 2. The molecular formula is C25H33ClN2O3. The fourth-order valence-electron chi connectivity index (χ4n) is 3.40. The lowest BCUT2D eigenvalue weighted by Crippen LogP contribution is -2.49. The van der Waals surface area contributed by atoms with Crippen molar-refractivity contribution < 1.29 is 14.3 Å². The third kappa shape index (κ3) is 7.59. The minimum absolute atomic E-state index is 0.0747. The van der Waals surface area contributed by atoms with Gasteiger partial charge in [-0.25, -0.2) is 0 Å². The van der Waals surface area contributed by atoms with Crippen molar-refractivity contribution in [2.24, 2.45) is 5.92 Å². The van der Waals surface area contributed by atoms with Crippen LogP contribution in [0.25, 0.3) is 0 Å². The van der Waals surface area contributed by atoms with Gasteiger partial charge in [-0.1, -0.05) is 62.7 Å². The van der Waals surface area contributed by atoms with E-state index in [9.17, 15) is 9.59 Å². The zero-order valence-electron chi connectivity index (χ0n) is 18.9. The maximum Gasteiger partial charge on any atom is 0.242 e. The van der Waals surface area contributed by atoms with Crippen molar-refractivity contribution in [3.8, 4) is 5.75 Å². The Hall–Kier alpha value is -2.53. The average molecular weight is 445 g/mol. The predicted molar refractivity (Wildman–Crippen MR) is 125 cm³/mol. The van der Waals surface area contributed by atoms with E-state index in [0.29, 0.717) is 36.9 Å². The van der Waals surface area contributed by atoms with Crippen molar-refractivity contribution in [1.82, 2.24) is 10.2 Å². The molecule has 0 spiro atoms. The van der Waals surface area contributed by atoms with Crippen molar-refractivity contribution in [2.75, 3.05) is 13.7 Å². The normalized spacial score (nSPS) is 11.8. The highest BCUT2D eigenvalue weighted by molar-refractivity contribution is 6.31. The molecule has 2 rings (SSSR count). The number of carbonyl (C=O) groups is 2. The fourth-order valence-corrected chi connectivity index (χ4v) is 3.63. The molecule has 2 amide bonds. The number of amides is 2. The van der Waals surface area contributed by atoms with Gasteiger partial charge in [0, 0.05) is 24.5 Å². The van der Waals surface area contributed by atoms with Crippen LogP contribution in [0.4, 0.5) is 0 Å². The molecule has 5 nitrogen and oxygen atoms in total. The molecule has 2 aromatic carbocycles. The van der Waals surface area contributed by atoms with Crippen LogP contribution in [-0.4, -0.2) is 36.4 Å². The van der Waals surface area contributed by atoms with E-state index in [4.69, 9.17) is 16.3 Å². The summed E-state index contributed by atoms with van der Waals surface area (Å²) in [6, 6.07) is 14.6. The highest BCUT2D eigenvalue weighted by Crippen LogP contribution is 2.20. The molecule has 0 fully saturated rings. The first-order chi connectivity index (χ1) is 14.8. The number of rotatable bonds is 11. The molecule has 0 aliphatic rings. The van der Waals surface area contributed by atoms with E-state index in [2.05, 4.69) is 5.32 Å². The maximum atomic E-state index is 13.3. The van der Waals surface area contributed by atoms with Crippen molar-refractivity contribution in [2.45, 2.75) is 52.6 Å². The Morgan fingerprint density at radius 3 is 2.52 bits per heavy atom. The summed E-state index contributed by atoms with van der Waals surface area (Å²) >= 11 is 6.26. The zero-order valence-corrected chi connectivity index (χ0v) is 19.6. The van der Waals surface area contributed by atoms with Gasteiger partial charge in [0.2, 0.25) is 11.8 Å². The van der Waals surface area contributed by atoms with Gasteiger partial charge in [0.05, 0.1) is 7.11 Å². The van der Waals surface area contributed by atoms with E-state index in [-0.39, 0.29) is 18.2 Å². The lowest BCUT2D eigenvalue weighted by atomic mass is 10.1. The Kier molecular flexibility index (Phi) is 9.86. The molecule has 0 aromatic heterocycles. The number of nitrogens with zero attached hydrogens (tertiary/aromatic N) is 1. The summed E-state index contributed by atoms with van der Waals surface area (Å²) in [6.07, 6.45) is 1.34. The lowest BCUT2D eigenvalue weighted by molar-refractivity contribution is -0.141. The molecule has 0 saturated heterocycles. The molecule has 0 radical (unpaired) electrons. The third-order valence-corrected chi connectivity index (χ3v) is 5.49. The Labute approximate surface area is 190 Å². The van der Waals surface area contributed by atoms with Gasteiger partial charge in [-0.15, -0.1) is 0 Å². The summed E-state index contributed by atoms with van der Waals surface area (Å²) in [5, 5.41) is 3.63. The van der Waals surface area contributed by atoms with Crippen LogP contribution in [0.3, 0.4) is 0 Å². The van der Waals surface area contributed by atoms with Gasteiger partial charge < -0.3 is 15.0 Å². The van der Waals surface area contributed by atoms with E-state index in [1.54, 1.807) is 12.0 Å². The molecule has 1 N–H and O–H groups in total. The number of ether oxygens (including phenoxy) is 1. The summed E-state index contributed by atoms with van der Waals surface area (Å²) in [5.41, 5.74) is 1.84. The highest BCUT2D eigenvalue weighted by Gasteiger charge is 2.28. The molecule has 1 atom stereocenters. The fraction of sp³-hybridized carbons (Fsp3) is 0.440. The lowest BCUT2D eigenvalue weighted by Gasteiger charge is -2.31. The van der Waals surface area contributed by atoms with Crippen molar-refractivity contribution >= 4 is 23.4 Å². The smallest absolute Gasteiger partial charge is 0.242 e. The highest BCUT2D eigenvalue weighted by atomic mass is 35.5. The van der Waals surface area contributed by atoms with Gasteiger partial charge in [-0.05, 0) is 48.1 Å². The monoisotopic (exact) mass is 444 g/mol. The summed E-state index contributed by atoms with van der Waals surface area (Å²) < 4.78 is 5.32. The first kappa shape index (κ1) is 24.7. The van der Waals surface area contributed by atoms with Crippen molar-refractivity contribution in [3.63, 3.8) is 0 Å². The van der Waals surface area contributed by atoms with Gasteiger partial charge >= 0.3 is 0 Å². The summed E-state index contributed by atoms with van der Waals surface area (Å²) in [4.78, 5) is 27.9. The third-order valence-electron chi connectivity index (χ3n) is 5.12. The van der Waals surface area contributed by atoms with Crippen LogP contribution in [0.5, 0.6) is 5.75 Å². The van der Waals surface area contributed by atoms with Crippen molar-refractivity contribution in [3.05, 3.63) is 64.7 Å². The molecule has 0 aliphatic heterocycles. The number of hydrogen-bond donors (Lipinski definition) is 1. The predicted octanol–water partition coefficient (Wildman–Crippen LogP) is 4.86. The van der Waals surface area contributed by atoms with Gasteiger partial charge in [-0.2, -0.15) is 0 Å². The first-order valence-electron chi connectivity index (χ1n) is 10.8. The van der Waals surface area contributed by atoms with Crippen LogP contribution in [0, 0.1) is 5.92 Å². The summed E-state index contributed by atoms with van der Waals surface area (Å²) in [6.45, 7) is 6.94.